The molecule has 0 spiro atoms. The number of nitrogens with one attached hydrogen (secondary N) is 1. The lowest BCUT2D eigenvalue weighted by molar-refractivity contribution is -0.121. The van der Waals surface area contributed by atoms with Crippen LogP contribution in [0.25, 0.3) is 16.8 Å². The minimum Gasteiger partial charge on any atom is -0.508 e. The predicted molar refractivity (Wildman–Crippen MR) is 251 cm³/mol. The third-order valence-electron chi connectivity index (χ3n) is 13.7. The van der Waals surface area contributed by atoms with E-state index in [4.69, 9.17) is 14.2 Å². The Balaban J connectivity index is 1.11. The zero-order chi connectivity index (χ0) is 45.8. The van der Waals surface area contributed by atoms with Gasteiger partial charge in [0, 0.05) is 54.3 Å². The molecule has 4 aromatic carbocycles. The standard InChI is InChI=1S/C54H61NO10/c1-31-7-16-43-46-30-65-49-23-34(11-18-48(49)63-3)10-14-41(59)26-42(64-20-19-36-13-17-44(52(46)54(61)62)53-50(36)47(60)27-45(31)51(43)53)25-38-24-40(58)15-12-37(38)21-35(29-56)9-8-33-5-4-6-39(22-33)55-28-32(2)57/h4-7,11-12,15-16,18,22-24,27,31-32,35-38,42,54-58,60-62H,8-10,13-14,17,21,25-26,28-30H2,1-3H3. The summed E-state index contributed by atoms with van der Waals surface area (Å²) in [5.41, 5.74) is 7.02. The van der Waals surface area contributed by atoms with Gasteiger partial charge in [0.05, 0.1) is 19.1 Å². The number of Topliss-reactive ketones (excluding diaryl/α,β-unsaturated/α-hetero) is 1. The maximum absolute atomic E-state index is 13.9. The number of allylic oxidation sites excluding steroid dienone is 4. The molecule has 0 radical (unpaired) electrons. The molecule has 2 aliphatic heterocycles. The number of ether oxygens (including phenoxy) is 3. The summed E-state index contributed by atoms with van der Waals surface area (Å²) in [5, 5.41) is 69.9. The highest BCUT2D eigenvalue weighted by Gasteiger charge is 2.35. The second kappa shape index (κ2) is 20.2. The van der Waals surface area contributed by atoms with Gasteiger partial charge in [-0.05, 0) is 151 Å². The number of phenolic OH excluding ortho intramolecular Hbond substituents is 1. The summed E-state index contributed by atoms with van der Waals surface area (Å²) >= 11 is 0. The molecule has 4 aromatic rings. The fourth-order valence-electron chi connectivity index (χ4n) is 10.3. The number of aromatic hydroxyl groups is 1. The van der Waals surface area contributed by atoms with Gasteiger partial charge in [0.1, 0.15) is 36.1 Å². The summed E-state index contributed by atoms with van der Waals surface area (Å²) in [6.45, 7) is 4.28. The smallest absolute Gasteiger partial charge is 0.179 e. The van der Waals surface area contributed by atoms with E-state index in [1.807, 2.05) is 54.6 Å². The van der Waals surface area contributed by atoms with Crippen molar-refractivity contribution in [1.82, 2.24) is 0 Å². The second-order valence-corrected chi connectivity index (χ2v) is 18.3. The molecule has 11 nitrogen and oxygen atoms in total. The van der Waals surface area contributed by atoms with Crippen LogP contribution in [0.5, 0.6) is 17.2 Å². The molecular weight excluding hydrogens is 823 g/mol. The SMILES string of the molecule is COc1ccc2cc1OCc1c(C(O)O)c3c4c(c(O)cc5c4c1C=CC5C)C(C#COC(CC1C=C(O)C=CC1CC(CO)CCc1cccc(NCC(C)O)c1)CC(=O)CC2)CC3. The van der Waals surface area contributed by atoms with E-state index in [9.17, 15) is 35.4 Å². The quantitative estimate of drug-likeness (QED) is 0.0506. The zero-order valence-corrected chi connectivity index (χ0v) is 37.4. The molecule has 11 heteroatoms. The number of hydrogen-bond donors (Lipinski definition) is 7. The minimum atomic E-state index is -1.81. The topological polar surface area (TPSA) is 178 Å². The molecule has 0 saturated heterocycles. The van der Waals surface area contributed by atoms with Crippen molar-refractivity contribution < 1.29 is 49.6 Å². The van der Waals surface area contributed by atoms with Gasteiger partial charge in [0.15, 0.2) is 17.8 Å². The van der Waals surface area contributed by atoms with Crippen LogP contribution < -0.4 is 14.8 Å². The van der Waals surface area contributed by atoms with Gasteiger partial charge in [-0.2, -0.15) is 0 Å². The number of carbonyl (C=O) groups excluding carboxylic acids is 1. The summed E-state index contributed by atoms with van der Waals surface area (Å²) in [6.07, 6.45) is 13.9. The molecule has 0 saturated carbocycles. The number of aliphatic hydroxyl groups excluding tert-OH is 4. The Kier molecular flexibility index (Phi) is 14.2. The van der Waals surface area contributed by atoms with E-state index < -0.39 is 24.4 Å². The molecule has 342 valence electrons. The highest BCUT2D eigenvalue weighted by molar-refractivity contribution is 6.04. The Hall–Kier alpha value is -5.77. The molecule has 0 amide bonds. The number of methoxy groups -OCH3 is 1. The van der Waals surface area contributed by atoms with E-state index in [0.29, 0.717) is 66.8 Å². The van der Waals surface area contributed by atoms with Crippen molar-refractivity contribution >= 4 is 28.3 Å². The molecule has 9 rings (SSSR count). The van der Waals surface area contributed by atoms with Crippen LogP contribution >= 0.6 is 0 Å². The van der Waals surface area contributed by atoms with Crippen molar-refractivity contribution in [2.45, 2.75) is 109 Å². The Morgan fingerprint density at radius 1 is 0.969 bits per heavy atom. The molecule has 3 aliphatic carbocycles. The van der Waals surface area contributed by atoms with Crippen LogP contribution in [0.4, 0.5) is 5.69 Å². The molecule has 5 aliphatic rings. The minimum absolute atomic E-state index is 0.00287. The number of carbonyl (C=O) groups is 1. The number of benzene rings is 4. The average molecular weight is 884 g/mol. The van der Waals surface area contributed by atoms with Crippen LogP contribution in [0.3, 0.4) is 0 Å². The first kappa shape index (κ1) is 45.8. The van der Waals surface area contributed by atoms with E-state index in [-0.39, 0.29) is 67.0 Å². The average Bonchev–Trinajstić information content (AvgIpc) is 3.29. The summed E-state index contributed by atoms with van der Waals surface area (Å²) in [6, 6.07) is 15.5. The Morgan fingerprint density at radius 2 is 1.82 bits per heavy atom. The number of rotatable bonds is 13. The Morgan fingerprint density at radius 3 is 2.60 bits per heavy atom. The molecular formula is C54H61NO10. The number of ketones is 1. The lowest BCUT2D eigenvalue weighted by Crippen LogP contribution is -2.26. The van der Waals surface area contributed by atoms with Gasteiger partial charge in [-0.15, -0.1) is 0 Å². The van der Waals surface area contributed by atoms with Gasteiger partial charge in [-0.1, -0.05) is 49.3 Å². The monoisotopic (exact) mass is 883 g/mol. The lowest BCUT2D eigenvalue weighted by atomic mass is 9.72. The van der Waals surface area contributed by atoms with Crippen LogP contribution in [0.15, 0.2) is 78.6 Å². The van der Waals surface area contributed by atoms with Gasteiger partial charge in [-0.25, -0.2) is 0 Å². The predicted octanol–water partition coefficient (Wildman–Crippen LogP) is 8.59. The number of aliphatic hydroxyl groups is 5. The van der Waals surface area contributed by atoms with Crippen LogP contribution in [-0.2, 0) is 35.4 Å². The van der Waals surface area contributed by atoms with Crippen molar-refractivity contribution in [2.24, 2.45) is 17.8 Å². The van der Waals surface area contributed by atoms with Gasteiger partial charge >= 0.3 is 0 Å². The first-order valence-electron chi connectivity index (χ1n) is 23.0. The van der Waals surface area contributed by atoms with E-state index in [1.165, 1.54) is 0 Å². The summed E-state index contributed by atoms with van der Waals surface area (Å²) in [7, 11) is 1.56. The molecule has 7 N–H and O–H groups in total. The van der Waals surface area contributed by atoms with Crippen molar-refractivity contribution in [3.8, 4) is 29.3 Å². The van der Waals surface area contributed by atoms with Crippen LogP contribution in [-0.4, -0.2) is 68.9 Å². The highest BCUT2D eigenvalue weighted by atomic mass is 16.5. The third kappa shape index (κ3) is 10.2. The second-order valence-electron chi connectivity index (χ2n) is 18.3. The van der Waals surface area contributed by atoms with E-state index in [1.54, 1.807) is 26.2 Å². The Labute approximate surface area is 381 Å². The van der Waals surface area contributed by atoms with Crippen LogP contribution in [0, 0.1) is 29.8 Å². The first-order valence-corrected chi connectivity index (χ1v) is 23.0. The highest BCUT2D eigenvalue weighted by Crippen LogP contribution is 2.51. The number of anilines is 1. The van der Waals surface area contributed by atoms with E-state index >= 15 is 0 Å². The number of hydrogen-bond acceptors (Lipinski definition) is 11. The van der Waals surface area contributed by atoms with Gasteiger partial charge < -0.3 is 50.2 Å². The molecule has 0 fully saturated rings. The summed E-state index contributed by atoms with van der Waals surface area (Å²) in [5.74, 6) is 3.73. The van der Waals surface area contributed by atoms with Crippen LogP contribution in [0.1, 0.15) is 115 Å². The lowest BCUT2D eigenvalue weighted by Gasteiger charge is -2.32. The molecule has 7 unspecified atom stereocenters. The normalized spacial score (nSPS) is 22.3. The summed E-state index contributed by atoms with van der Waals surface area (Å²) < 4.78 is 18.6. The Bertz CT molecular complexity index is 2560. The molecule has 8 bridgehead atoms. The number of fused-ring (bicyclic) bond motifs is 7. The molecule has 0 aromatic heterocycles. The zero-order valence-electron chi connectivity index (χ0n) is 37.4. The van der Waals surface area contributed by atoms with Gasteiger partial charge in [0.25, 0.3) is 0 Å². The van der Waals surface area contributed by atoms with Gasteiger partial charge in [-0.3, -0.25) is 4.79 Å². The van der Waals surface area contributed by atoms with Crippen molar-refractivity contribution in [3.63, 3.8) is 0 Å². The maximum atomic E-state index is 13.9. The van der Waals surface area contributed by atoms with E-state index in [2.05, 4.69) is 36.4 Å². The number of phenols is 1. The summed E-state index contributed by atoms with van der Waals surface area (Å²) in [4.78, 5) is 13.9. The van der Waals surface area contributed by atoms with E-state index in [0.717, 1.165) is 57.1 Å². The largest absolute Gasteiger partial charge is 0.508 e. The molecule has 7 atom stereocenters. The van der Waals surface area contributed by atoms with Crippen molar-refractivity contribution in [1.29, 1.82) is 0 Å². The maximum Gasteiger partial charge on any atom is 0.179 e. The van der Waals surface area contributed by atoms with Crippen molar-refractivity contribution in [3.05, 3.63) is 123 Å². The molecule has 65 heavy (non-hydrogen) atoms. The molecule has 2 heterocycles. The number of aryl methyl sites for hydroxylation is 3. The van der Waals surface area contributed by atoms with Crippen molar-refractivity contribution in [2.75, 3.05) is 25.6 Å². The van der Waals surface area contributed by atoms with Gasteiger partial charge in [0.2, 0.25) is 0 Å². The fraction of sp³-hybridized carbons (Fsp3) is 0.426. The fourth-order valence-corrected chi connectivity index (χ4v) is 10.3. The van der Waals surface area contributed by atoms with Crippen LogP contribution in [0.2, 0.25) is 0 Å². The third-order valence-corrected chi connectivity index (χ3v) is 13.7. The first-order chi connectivity index (χ1) is 31.4.